The maximum atomic E-state index is 14.2. The predicted molar refractivity (Wildman–Crippen MR) is 195 cm³/mol. The summed E-state index contributed by atoms with van der Waals surface area (Å²) < 4.78 is 12.4. The van der Waals surface area contributed by atoms with Crippen molar-refractivity contribution in [1.82, 2.24) is 0 Å². The van der Waals surface area contributed by atoms with Gasteiger partial charge in [0.05, 0.1) is 33.6 Å². The molecule has 8 nitrogen and oxygen atoms in total. The molecular formula is C40H48N4O4. The number of carbonyl (C=O) groups is 2. The summed E-state index contributed by atoms with van der Waals surface area (Å²) in [6.07, 6.45) is 13.8. The van der Waals surface area contributed by atoms with Crippen LogP contribution in [0.3, 0.4) is 0 Å². The van der Waals surface area contributed by atoms with Crippen molar-refractivity contribution in [2.24, 2.45) is 0 Å². The lowest BCUT2D eigenvalue weighted by Gasteiger charge is -2.25. The number of hydrogen-bond donors (Lipinski definition) is 4. The third kappa shape index (κ3) is 7.59. The van der Waals surface area contributed by atoms with Crippen LogP contribution in [0.1, 0.15) is 121 Å². The van der Waals surface area contributed by atoms with E-state index in [-0.39, 0.29) is 56.5 Å². The third-order valence-electron chi connectivity index (χ3n) is 9.02. The number of carbonyl (C=O) groups excluding carboxylic acids is 2. The molecule has 5 rings (SSSR count). The van der Waals surface area contributed by atoms with Crippen molar-refractivity contribution in [2.45, 2.75) is 90.9 Å². The molecule has 0 saturated carbocycles. The van der Waals surface area contributed by atoms with E-state index in [9.17, 15) is 9.59 Å². The number of rotatable bonds is 16. The lowest BCUT2D eigenvalue weighted by Crippen LogP contribution is -2.26. The van der Waals surface area contributed by atoms with Crippen molar-refractivity contribution in [3.8, 4) is 23.0 Å². The minimum absolute atomic E-state index is 0.00380. The Morgan fingerprint density at radius 3 is 1.31 bits per heavy atom. The van der Waals surface area contributed by atoms with E-state index in [0.29, 0.717) is 11.5 Å². The van der Waals surface area contributed by atoms with E-state index in [1.54, 1.807) is 0 Å². The Morgan fingerprint density at radius 2 is 0.896 bits per heavy atom. The van der Waals surface area contributed by atoms with E-state index in [4.69, 9.17) is 32.4 Å². The molecule has 0 atom stereocenters. The number of aryl methyl sites for hydroxylation is 2. The van der Waals surface area contributed by atoms with E-state index in [1.807, 2.05) is 36.4 Å². The lowest BCUT2D eigenvalue weighted by molar-refractivity contribution is 0.0981. The number of unbranched alkanes of at least 4 members (excludes halogenated alkanes) is 8. The average molecular weight is 649 g/mol. The smallest absolute Gasteiger partial charge is 0.199 e. The molecule has 0 radical (unpaired) electrons. The number of fused-ring (bicyclic) bond motifs is 2. The summed E-state index contributed by atoms with van der Waals surface area (Å²) in [7, 11) is 0. The first kappa shape index (κ1) is 34.4. The largest absolute Gasteiger partial charge is 0.455 e. The minimum atomic E-state index is -0.564. The van der Waals surface area contributed by atoms with Crippen molar-refractivity contribution in [3.05, 3.63) is 94.0 Å². The second-order valence-corrected chi connectivity index (χ2v) is 12.7. The molecule has 1 aliphatic rings. The minimum Gasteiger partial charge on any atom is -0.455 e. The lowest BCUT2D eigenvalue weighted by atomic mass is 9.80. The highest BCUT2D eigenvalue weighted by molar-refractivity contribution is 6.35. The zero-order chi connectivity index (χ0) is 34.2. The van der Waals surface area contributed by atoms with E-state index in [0.717, 1.165) is 36.8 Å². The Bertz CT molecular complexity index is 1670. The summed E-state index contributed by atoms with van der Waals surface area (Å²) in [5.41, 5.74) is 28.2. The van der Waals surface area contributed by atoms with Gasteiger partial charge >= 0.3 is 0 Å². The molecule has 8 heteroatoms. The number of nitrogens with two attached hydrogens (primary N) is 4. The monoisotopic (exact) mass is 648 g/mol. The highest BCUT2D eigenvalue weighted by Gasteiger charge is 2.38. The van der Waals surface area contributed by atoms with Gasteiger partial charge in [0.2, 0.25) is 0 Å². The molecule has 4 aromatic carbocycles. The van der Waals surface area contributed by atoms with Crippen LogP contribution in [0.25, 0.3) is 0 Å². The van der Waals surface area contributed by atoms with Gasteiger partial charge < -0.3 is 32.4 Å². The molecule has 0 unspecified atom stereocenters. The Labute approximate surface area is 283 Å². The van der Waals surface area contributed by atoms with Gasteiger partial charge in [0.25, 0.3) is 0 Å². The van der Waals surface area contributed by atoms with Crippen LogP contribution in [0.5, 0.6) is 23.0 Å². The molecule has 0 saturated heterocycles. The zero-order valence-electron chi connectivity index (χ0n) is 28.2. The number of ether oxygens (including phenoxy) is 2. The predicted octanol–water partition coefficient (Wildman–Crippen LogP) is 9.40. The number of nitrogen functional groups attached to an aromatic ring is 4. The van der Waals surface area contributed by atoms with Gasteiger partial charge in [0.15, 0.2) is 23.1 Å². The molecule has 252 valence electrons. The van der Waals surface area contributed by atoms with Crippen LogP contribution in [0, 0.1) is 0 Å². The molecular weight excluding hydrogens is 600 g/mol. The third-order valence-corrected chi connectivity index (χ3v) is 9.02. The summed E-state index contributed by atoms with van der Waals surface area (Å²) >= 11 is 0. The molecule has 0 aromatic heterocycles. The summed E-state index contributed by atoms with van der Waals surface area (Å²) in [5.74, 6) is 0.393. The number of ketones is 2. The van der Waals surface area contributed by atoms with Crippen molar-refractivity contribution >= 4 is 34.3 Å². The van der Waals surface area contributed by atoms with Crippen LogP contribution in [-0.2, 0) is 12.8 Å². The standard InChI is InChI=1S/C40H48N4O4/c1-3-5-7-9-11-15-25-17-13-19-27(21-25)47-31-23-29(41)33-35(37(31)43)40(46)36-34(39(33)45)30(42)24-32(38(36)44)48-28-20-14-18-26(22-28)16-12-10-8-6-4-2/h13-14,17-24H,3-12,15-16,41-44H2,1-2H3. The highest BCUT2D eigenvalue weighted by atomic mass is 16.5. The van der Waals surface area contributed by atoms with Crippen molar-refractivity contribution < 1.29 is 19.1 Å². The molecule has 0 fully saturated rings. The number of hydrogen-bond acceptors (Lipinski definition) is 8. The molecule has 48 heavy (non-hydrogen) atoms. The fraction of sp³-hybridized carbons (Fsp3) is 0.350. The van der Waals surface area contributed by atoms with Crippen LogP contribution in [0.4, 0.5) is 22.7 Å². The Balaban J connectivity index is 1.40. The topological polar surface area (TPSA) is 157 Å². The van der Waals surface area contributed by atoms with Crippen LogP contribution in [0.15, 0.2) is 60.7 Å². The van der Waals surface area contributed by atoms with Gasteiger partial charge in [0.1, 0.15) is 11.5 Å². The van der Waals surface area contributed by atoms with E-state index < -0.39 is 11.6 Å². The summed E-state index contributed by atoms with van der Waals surface area (Å²) in [4.78, 5) is 28.0. The molecule has 0 amide bonds. The normalized spacial score (nSPS) is 12.1. The van der Waals surface area contributed by atoms with Crippen molar-refractivity contribution in [2.75, 3.05) is 22.9 Å². The molecule has 4 aromatic rings. The van der Waals surface area contributed by atoms with Gasteiger partial charge in [-0.1, -0.05) is 89.5 Å². The van der Waals surface area contributed by atoms with Gasteiger partial charge in [-0.25, -0.2) is 0 Å². The van der Waals surface area contributed by atoms with Gasteiger partial charge in [-0.15, -0.1) is 0 Å². The Morgan fingerprint density at radius 1 is 0.500 bits per heavy atom. The van der Waals surface area contributed by atoms with Gasteiger partial charge in [-0.05, 0) is 61.1 Å². The maximum absolute atomic E-state index is 14.2. The summed E-state index contributed by atoms with van der Waals surface area (Å²) in [6.45, 7) is 4.41. The number of benzene rings is 4. The molecule has 0 bridgehead atoms. The van der Waals surface area contributed by atoms with Crippen LogP contribution >= 0.6 is 0 Å². The van der Waals surface area contributed by atoms with Crippen LogP contribution in [-0.4, -0.2) is 11.6 Å². The number of anilines is 4. The van der Waals surface area contributed by atoms with E-state index in [2.05, 4.69) is 26.0 Å². The second-order valence-electron chi connectivity index (χ2n) is 12.7. The first-order valence-corrected chi connectivity index (χ1v) is 17.3. The first-order chi connectivity index (χ1) is 23.2. The van der Waals surface area contributed by atoms with Gasteiger partial charge in [0, 0.05) is 23.5 Å². The fourth-order valence-corrected chi connectivity index (χ4v) is 6.41. The fourth-order valence-electron chi connectivity index (χ4n) is 6.41. The first-order valence-electron chi connectivity index (χ1n) is 17.3. The maximum Gasteiger partial charge on any atom is 0.199 e. The molecule has 0 spiro atoms. The van der Waals surface area contributed by atoms with Crippen molar-refractivity contribution in [1.29, 1.82) is 0 Å². The molecule has 0 heterocycles. The van der Waals surface area contributed by atoms with E-state index >= 15 is 0 Å². The Hall–Kier alpha value is -4.98. The van der Waals surface area contributed by atoms with E-state index in [1.165, 1.54) is 63.5 Å². The molecule has 1 aliphatic carbocycles. The van der Waals surface area contributed by atoms with Gasteiger partial charge in [-0.2, -0.15) is 0 Å². The summed E-state index contributed by atoms with van der Waals surface area (Å²) in [5, 5.41) is 0. The van der Waals surface area contributed by atoms with Crippen molar-refractivity contribution in [3.63, 3.8) is 0 Å². The van der Waals surface area contributed by atoms with Crippen LogP contribution in [0.2, 0.25) is 0 Å². The highest BCUT2D eigenvalue weighted by Crippen LogP contribution is 2.46. The summed E-state index contributed by atoms with van der Waals surface area (Å²) in [6, 6.07) is 18.5. The SMILES string of the molecule is CCCCCCCc1cccc(Oc2cc(N)c3c(c2N)C(=O)c2c(N)c(Oc4cccc(CCCCCCC)c4)cc(N)c2C3=O)c1. The molecule has 0 aliphatic heterocycles. The Kier molecular flexibility index (Phi) is 11.3. The average Bonchev–Trinajstić information content (AvgIpc) is 3.07. The van der Waals surface area contributed by atoms with Crippen LogP contribution < -0.4 is 32.4 Å². The quantitative estimate of drug-likeness (QED) is 0.0609. The zero-order valence-corrected chi connectivity index (χ0v) is 28.2. The van der Waals surface area contributed by atoms with Gasteiger partial charge in [-0.3, -0.25) is 9.59 Å². The second kappa shape index (κ2) is 15.7. The molecule has 8 N–H and O–H groups in total.